The van der Waals surface area contributed by atoms with Crippen LogP contribution in [0.5, 0.6) is 0 Å². The van der Waals surface area contributed by atoms with Gasteiger partial charge in [0, 0.05) is 37.5 Å². The Balaban J connectivity index is 1.53. The van der Waals surface area contributed by atoms with Crippen molar-refractivity contribution in [3.63, 3.8) is 0 Å². The van der Waals surface area contributed by atoms with Gasteiger partial charge in [-0.25, -0.2) is 0 Å². The average molecular weight is 249 g/mol. The maximum Gasteiger partial charge on any atom is 0.223 e. The summed E-state index contributed by atoms with van der Waals surface area (Å²) >= 11 is 0. The number of fused-ring (bicyclic) bond motifs is 1. The van der Waals surface area contributed by atoms with Gasteiger partial charge in [-0.05, 0) is 25.7 Å². The van der Waals surface area contributed by atoms with E-state index in [-0.39, 0.29) is 11.4 Å². The predicted molar refractivity (Wildman–Crippen MR) is 65.8 cm³/mol. The molecule has 2 heterocycles. The Morgan fingerprint density at radius 2 is 2.56 bits per heavy atom. The molecule has 1 amide bonds. The highest BCUT2D eigenvalue weighted by Crippen LogP contribution is 2.42. The zero-order valence-corrected chi connectivity index (χ0v) is 10.7. The third-order valence-corrected chi connectivity index (χ3v) is 4.32. The molecule has 2 aliphatic rings. The summed E-state index contributed by atoms with van der Waals surface area (Å²) in [6, 6.07) is 1.88. The molecule has 98 valence electrons. The molecule has 3 rings (SSSR count). The van der Waals surface area contributed by atoms with E-state index in [9.17, 15) is 4.79 Å². The van der Waals surface area contributed by atoms with Crippen LogP contribution in [0, 0.1) is 12.8 Å². The predicted octanol–water partition coefficient (Wildman–Crippen LogP) is 0.865. The summed E-state index contributed by atoms with van der Waals surface area (Å²) < 4.78 is 4.99. The number of likely N-dealkylation sites (tertiary alicyclic amines) is 1. The van der Waals surface area contributed by atoms with Crippen LogP contribution in [0.4, 0.5) is 0 Å². The van der Waals surface area contributed by atoms with Crippen LogP contribution in [0.15, 0.2) is 10.6 Å². The van der Waals surface area contributed by atoms with Crippen molar-refractivity contribution in [1.82, 2.24) is 10.1 Å². The number of aryl methyl sites for hydroxylation is 2. The fourth-order valence-corrected chi connectivity index (χ4v) is 3.01. The molecule has 0 spiro atoms. The van der Waals surface area contributed by atoms with Crippen molar-refractivity contribution in [2.24, 2.45) is 11.7 Å². The first-order chi connectivity index (χ1) is 8.57. The van der Waals surface area contributed by atoms with Crippen molar-refractivity contribution in [3.05, 3.63) is 17.5 Å². The second kappa shape index (κ2) is 4.09. The minimum Gasteiger partial charge on any atom is -0.361 e. The molecule has 5 nitrogen and oxygen atoms in total. The highest BCUT2D eigenvalue weighted by Gasteiger charge is 2.51. The van der Waals surface area contributed by atoms with Crippen molar-refractivity contribution in [3.8, 4) is 0 Å². The average Bonchev–Trinajstić information content (AvgIpc) is 2.83. The highest BCUT2D eigenvalue weighted by molar-refractivity contribution is 5.77. The summed E-state index contributed by atoms with van der Waals surface area (Å²) in [6.45, 7) is 3.43. The second-order valence-electron chi connectivity index (χ2n) is 5.67. The molecule has 0 unspecified atom stereocenters. The number of nitrogens with two attached hydrogens (primary N) is 1. The summed E-state index contributed by atoms with van der Waals surface area (Å²) in [5, 5.41) is 3.90. The van der Waals surface area contributed by atoms with Crippen molar-refractivity contribution >= 4 is 5.91 Å². The van der Waals surface area contributed by atoms with Gasteiger partial charge in [-0.3, -0.25) is 4.79 Å². The Kier molecular flexibility index (Phi) is 2.66. The van der Waals surface area contributed by atoms with Crippen LogP contribution in [0.2, 0.25) is 0 Å². The molecule has 1 aliphatic heterocycles. The van der Waals surface area contributed by atoms with Gasteiger partial charge in [0.05, 0.1) is 5.69 Å². The summed E-state index contributed by atoms with van der Waals surface area (Å²) in [7, 11) is 0. The fraction of sp³-hybridized carbons (Fsp3) is 0.692. The molecule has 1 saturated carbocycles. The number of hydrogen-bond acceptors (Lipinski definition) is 4. The molecule has 0 aromatic carbocycles. The van der Waals surface area contributed by atoms with E-state index in [1.807, 2.05) is 17.9 Å². The monoisotopic (exact) mass is 249 g/mol. The van der Waals surface area contributed by atoms with E-state index in [0.717, 1.165) is 31.0 Å². The van der Waals surface area contributed by atoms with Crippen LogP contribution < -0.4 is 5.73 Å². The molecule has 5 heteroatoms. The first-order valence-electron chi connectivity index (χ1n) is 6.56. The molecule has 2 atom stereocenters. The molecule has 18 heavy (non-hydrogen) atoms. The van der Waals surface area contributed by atoms with Crippen LogP contribution in [-0.2, 0) is 11.2 Å². The van der Waals surface area contributed by atoms with Gasteiger partial charge in [-0.15, -0.1) is 0 Å². The molecule has 1 aliphatic carbocycles. The smallest absolute Gasteiger partial charge is 0.223 e. The van der Waals surface area contributed by atoms with Gasteiger partial charge in [0.15, 0.2) is 0 Å². The molecular formula is C13H19N3O2. The van der Waals surface area contributed by atoms with Crippen molar-refractivity contribution in [2.75, 3.05) is 13.1 Å². The van der Waals surface area contributed by atoms with Crippen LogP contribution in [0.1, 0.15) is 30.7 Å². The van der Waals surface area contributed by atoms with Gasteiger partial charge in [0.1, 0.15) is 5.76 Å². The first-order valence-corrected chi connectivity index (χ1v) is 6.56. The summed E-state index contributed by atoms with van der Waals surface area (Å²) in [4.78, 5) is 14.0. The lowest BCUT2D eigenvalue weighted by Gasteiger charge is -2.39. The standard InChI is InChI=1S/C13H19N3O2/c1-9-6-11(15-18-9)2-3-12(17)16-7-10-4-5-13(10,14)8-16/h6,10H,2-5,7-8,14H2,1H3/t10-,13-/m0/s1. The zero-order chi connectivity index (χ0) is 12.8. The lowest BCUT2D eigenvalue weighted by Crippen LogP contribution is -2.54. The van der Waals surface area contributed by atoms with E-state index in [4.69, 9.17) is 10.3 Å². The summed E-state index contributed by atoms with van der Waals surface area (Å²) in [5.41, 5.74) is 6.99. The van der Waals surface area contributed by atoms with E-state index >= 15 is 0 Å². The highest BCUT2D eigenvalue weighted by atomic mass is 16.5. The number of hydrogen-bond donors (Lipinski definition) is 1. The van der Waals surface area contributed by atoms with Gasteiger partial charge in [0.25, 0.3) is 0 Å². The summed E-state index contributed by atoms with van der Waals surface area (Å²) in [5.74, 6) is 1.50. The van der Waals surface area contributed by atoms with E-state index in [2.05, 4.69) is 5.16 Å². The number of rotatable bonds is 3. The largest absolute Gasteiger partial charge is 0.361 e. The number of aromatic nitrogens is 1. The Labute approximate surface area is 106 Å². The van der Waals surface area contributed by atoms with Gasteiger partial charge >= 0.3 is 0 Å². The molecular weight excluding hydrogens is 230 g/mol. The second-order valence-corrected chi connectivity index (χ2v) is 5.67. The third-order valence-electron chi connectivity index (χ3n) is 4.32. The number of nitrogens with zero attached hydrogens (tertiary/aromatic N) is 2. The number of carbonyl (C=O) groups excluding carboxylic acids is 1. The molecule has 0 radical (unpaired) electrons. The van der Waals surface area contributed by atoms with E-state index in [1.54, 1.807) is 0 Å². The Hall–Kier alpha value is -1.36. The third kappa shape index (κ3) is 1.92. The van der Waals surface area contributed by atoms with E-state index < -0.39 is 0 Å². The van der Waals surface area contributed by atoms with Crippen LogP contribution in [0.25, 0.3) is 0 Å². The summed E-state index contributed by atoms with van der Waals surface area (Å²) in [6.07, 6.45) is 3.37. The van der Waals surface area contributed by atoms with Gasteiger partial charge < -0.3 is 15.2 Å². The molecule has 1 saturated heterocycles. The first kappa shape index (κ1) is 11.7. The van der Waals surface area contributed by atoms with E-state index in [0.29, 0.717) is 18.8 Å². The number of amides is 1. The van der Waals surface area contributed by atoms with Crippen LogP contribution >= 0.6 is 0 Å². The van der Waals surface area contributed by atoms with Crippen molar-refractivity contribution < 1.29 is 9.32 Å². The zero-order valence-electron chi connectivity index (χ0n) is 10.7. The lowest BCUT2D eigenvalue weighted by atomic mass is 9.70. The minimum atomic E-state index is -0.0832. The van der Waals surface area contributed by atoms with Crippen LogP contribution in [0.3, 0.4) is 0 Å². The number of carbonyl (C=O) groups is 1. The maximum absolute atomic E-state index is 12.1. The van der Waals surface area contributed by atoms with Gasteiger partial charge in [-0.1, -0.05) is 5.16 Å². The topological polar surface area (TPSA) is 72.4 Å². The van der Waals surface area contributed by atoms with Gasteiger partial charge in [-0.2, -0.15) is 0 Å². The Morgan fingerprint density at radius 1 is 1.72 bits per heavy atom. The lowest BCUT2D eigenvalue weighted by molar-refractivity contribution is -0.130. The van der Waals surface area contributed by atoms with Crippen LogP contribution in [-0.4, -0.2) is 34.6 Å². The molecule has 1 aromatic heterocycles. The Morgan fingerprint density at radius 3 is 3.06 bits per heavy atom. The molecule has 1 aromatic rings. The molecule has 2 N–H and O–H groups in total. The SMILES string of the molecule is Cc1cc(CCC(=O)N2C[C@@H]3CC[C@]3(N)C2)no1. The Bertz CT molecular complexity index is 471. The van der Waals surface area contributed by atoms with E-state index in [1.165, 1.54) is 6.42 Å². The van der Waals surface area contributed by atoms with Gasteiger partial charge in [0.2, 0.25) is 5.91 Å². The molecule has 0 bridgehead atoms. The van der Waals surface area contributed by atoms with Crippen molar-refractivity contribution in [2.45, 2.75) is 38.1 Å². The molecule has 2 fully saturated rings. The quantitative estimate of drug-likeness (QED) is 0.862. The maximum atomic E-state index is 12.1. The minimum absolute atomic E-state index is 0.0832. The normalized spacial score (nSPS) is 30.1. The van der Waals surface area contributed by atoms with Crippen molar-refractivity contribution in [1.29, 1.82) is 0 Å². The fourth-order valence-electron chi connectivity index (χ4n) is 3.01.